The van der Waals surface area contributed by atoms with E-state index in [0.717, 1.165) is 51.4 Å². The molecule has 0 aliphatic heterocycles. The first-order valence-corrected chi connectivity index (χ1v) is 17.6. The van der Waals surface area contributed by atoms with E-state index < -0.39 is 17.6 Å². The highest BCUT2D eigenvalue weighted by atomic mass is 28.4. The van der Waals surface area contributed by atoms with Crippen LogP contribution in [0.2, 0.25) is 0 Å². The molecule has 0 aromatic heterocycles. The summed E-state index contributed by atoms with van der Waals surface area (Å²) in [7, 11) is -3.88. The van der Waals surface area contributed by atoms with Crippen molar-refractivity contribution in [2.75, 3.05) is 46.7 Å². The minimum absolute atomic E-state index is 0.00495. The molecular weight excluding hydrogens is 466 g/mol. The monoisotopic (exact) mass is 523 g/mol. The largest absolute Gasteiger partial charge is 0.519 e. The lowest BCUT2D eigenvalue weighted by Gasteiger charge is -2.46. The summed E-state index contributed by atoms with van der Waals surface area (Å²) in [4.78, 5) is 2.38. The fraction of sp³-hybridized carbons (Fsp3) is 1.00. The molecule has 206 valence electrons. The Balaban J connectivity index is 6.41. The van der Waals surface area contributed by atoms with Gasteiger partial charge >= 0.3 is 17.6 Å². The van der Waals surface area contributed by atoms with Crippen molar-refractivity contribution in [1.29, 1.82) is 0 Å². The van der Waals surface area contributed by atoms with Gasteiger partial charge in [-0.2, -0.15) is 0 Å². The lowest BCUT2D eigenvalue weighted by Crippen LogP contribution is -2.70. The zero-order valence-corrected chi connectivity index (χ0v) is 26.0. The molecule has 2 unspecified atom stereocenters. The van der Waals surface area contributed by atoms with Gasteiger partial charge in [0.1, 0.15) is 0 Å². The molecule has 0 aromatic rings. The van der Waals surface area contributed by atoms with Gasteiger partial charge in [-0.15, -0.1) is 0 Å². The zero-order valence-electron chi connectivity index (χ0n) is 24.0. The molecule has 9 heteroatoms. The van der Waals surface area contributed by atoms with E-state index in [0.29, 0.717) is 39.6 Å². The Labute approximate surface area is 213 Å². The van der Waals surface area contributed by atoms with E-state index in [9.17, 15) is 0 Å². The Morgan fingerprint density at radius 2 is 0.647 bits per heavy atom. The molecule has 0 aromatic carbocycles. The molecule has 34 heavy (non-hydrogen) atoms. The maximum atomic E-state index is 6.55. The number of hydrogen-bond acceptors (Lipinski definition) is 7. The van der Waals surface area contributed by atoms with Crippen molar-refractivity contribution in [2.45, 2.75) is 118 Å². The molecule has 0 bridgehead atoms. The Bertz CT molecular complexity index is 391. The average molecular weight is 524 g/mol. The molecule has 0 aliphatic carbocycles. The molecule has 0 rings (SSSR count). The fourth-order valence-corrected chi connectivity index (χ4v) is 11.2. The topological polar surface area (TPSA) is 58.6 Å². The van der Waals surface area contributed by atoms with Gasteiger partial charge in [0.05, 0.1) is 11.3 Å². The van der Waals surface area contributed by atoms with E-state index in [1.807, 2.05) is 0 Å². The normalized spacial score (nSPS) is 14.6. The molecule has 0 N–H and O–H groups in total. The van der Waals surface area contributed by atoms with Crippen LogP contribution in [0.5, 0.6) is 0 Å². The van der Waals surface area contributed by atoms with Crippen LogP contribution in [0.15, 0.2) is 0 Å². The molecule has 0 fully saturated rings. The van der Waals surface area contributed by atoms with Gasteiger partial charge in [0, 0.05) is 39.6 Å². The summed E-state index contributed by atoms with van der Waals surface area (Å²) in [5.41, 5.74) is -0.00990. The number of hydrogen-bond donors (Lipinski definition) is 0. The fourth-order valence-electron chi connectivity index (χ4n) is 4.09. The Morgan fingerprint density at radius 1 is 0.441 bits per heavy atom. The molecule has 0 saturated heterocycles. The Morgan fingerprint density at radius 3 is 0.794 bits per heavy atom. The van der Waals surface area contributed by atoms with Crippen molar-refractivity contribution < 1.29 is 26.6 Å². The second kappa shape index (κ2) is 20.2. The highest BCUT2D eigenvalue weighted by Crippen LogP contribution is 2.30. The van der Waals surface area contributed by atoms with Gasteiger partial charge < -0.3 is 26.6 Å². The third-order valence-electron chi connectivity index (χ3n) is 5.62. The summed E-state index contributed by atoms with van der Waals surface area (Å²) in [6, 6.07) is 0. The Kier molecular flexibility index (Phi) is 20.3. The summed E-state index contributed by atoms with van der Waals surface area (Å²) >= 11 is 0. The van der Waals surface area contributed by atoms with Gasteiger partial charge in [-0.25, -0.2) is 0 Å². The summed E-state index contributed by atoms with van der Waals surface area (Å²) in [6.07, 6.45) is 7.27. The molecule has 0 aliphatic rings. The van der Waals surface area contributed by atoms with E-state index in [1.165, 1.54) is 0 Å². The molecule has 7 nitrogen and oxygen atoms in total. The number of rotatable bonds is 24. The third kappa shape index (κ3) is 10.6. The summed E-state index contributed by atoms with van der Waals surface area (Å²) in [5.74, 6) is 0. The maximum absolute atomic E-state index is 6.55. The van der Waals surface area contributed by atoms with Gasteiger partial charge in [0.2, 0.25) is 0 Å². The quantitative estimate of drug-likeness (QED) is 0.144. The second-order valence-corrected chi connectivity index (χ2v) is 14.3. The third-order valence-corrected chi connectivity index (χ3v) is 12.5. The molecule has 0 amide bonds. The van der Waals surface area contributed by atoms with Crippen LogP contribution in [0.25, 0.3) is 0 Å². The molecule has 0 radical (unpaired) electrons. The van der Waals surface area contributed by atoms with E-state index in [1.54, 1.807) is 0 Å². The van der Waals surface area contributed by atoms with Crippen LogP contribution in [0, 0.1) is 0 Å². The van der Waals surface area contributed by atoms with Crippen LogP contribution in [-0.2, 0) is 26.6 Å². The summed E-state index contributed by atoms with van der Waals surface area (Å²) < 4.78 is 39.3. The molecule has 0 spiro atoms. The van der Waals surface area contributed by atoms with Gasteiger partial charge in [0.15, 0.2) is 0 Å². The van der Waals surface area contributed by atoms with Crippen molar-refractivity contribution >= 4 is 17.6 Å². The zero-order chi connectivity index (χ0) is 25.9. The van der Waals surface area contributed by atoms with E-state index in [-0.39, 0.29) is 11.3 Å². The minimum Gasteiger partial charge on any atom is -0.373 e. The van der Waals surface area contributed by atoms with Gasteiger partial charge in [-0.3, -0.25) is 4.90 Å². The first-order chi connectivity index (χ1) is 16.4. The minimum atomic E-state index is -3.02. The van der Waals surface area contributed by atoms with Crippen LogP contribution in [0.1, 0.15) is 107 Å². The maximum Gasteiger partial charge on any atom is 0.519 e. The predicted octanol–water partition coefficient (Wildman–Crippen LogP) is 5.99. The van der Waals surface area contributed by atoms with Crippen LogP contribution < -0.4 is 0 Å². The predicted molar refractivity (Wildman–Crippen MR) is 145 cm³/mol. The van der Waals surface area contributed by atoms with Crippen molar-refractivity contribution in [3.8, 4) is 0 Å². The lowest BCUT2D eigenvalue weighted by atomic mass is 10.4. The van der Waals surface area contributed by atoms with Gasteiger partial charge in [0.25, 0.3) is 0 Å². The average Bonchev–Trinajstić information content (AvgIpc) is 2.85. The van der Waals surface area contributed by atoms with E-state index in [4.69, 9.17) is 26.6 Å². The molecule has 2 atom stereocenters. The summed E-state index contributed by atoms with van der Waals surface area (Å²) in [5, 5.41) is 0. The standard InChI is InChI=1S/C25H57NO6Si2/c1-10-18-27-33(28-19-11-2,29-20-12-3)24(16-7)26(9)25(17-8)34(30-21-13-4,31-22-14-5)32-23-15-6/h24-25H,10-23H2,1-9H3. The Hall–Kier alpha value is 0.154. The SMILES string of the molecule is CCCO[Si](OCCC)(OCCC)C(CC)N(C)C(CC)[Si](OCCC)(OCCC)OCCC. The van der Waals surface area contributed by atoms with Gasteiger partial charge in [-0.05, 0) is 58.4 Å². The van der Waals surface area contributed by atoms with Crippen molar-refractivity contribution in [3.05, 3.63) is 0 Å². The van der Waals surface area contributed by atoms with Crippen molar-refractivity contribution in [3.63, 3.8) is 0 Å². The smallest absolute Gasteiger partial charge is 0.373 e. The summed E-state index contributed by atoms with van der Waals surface area (Å²) in [6.45, 7) is 21.0. The molecular formula is C25H57NO6Si2. The first kappa shape index (κ1) is 34.2. The highest BCUT2D eigenvalue weighted by Gasteiger charge is 2.58. The van der Waals surface area contributed by atoms with Crippen LogP contribution in [0.4, 0.5) is 0 Å². The number of nitrogens with zero attached hydrogens (tertiary/aromatic N) is 1. The van der Waals surface area contributed by atoms with Crippen LogP contribution in [-0.4, -0.2) is 80.5 Å². The van der Waals surface area contributed by atoms with Gasteiger partial charge in [-0.1, -0.05) is 55.4 Å². The first-order valence-electron chi connectivity index (χ1n) is 14.0. The van der Waals surface area contributed by atoms with E-state index in [2.05, 4.69) is 67.3 Å². The van der Waals surface area contributed by atoms with Crippen molar-refractivity contribution in [2.24, 2.45) is 0 Å². The lowest BCUT2D eigenvalue weighted by molar-refractivity contribution is 0.00184. The highest BCUT2D eigenvalue weighted by molar-refractivity contribution is 6.64. The van der Waals surface area contributed by atoms with Crippen LogP contribution >= 0.6 is 0 Å². The molecule has 0 heterocycles. The van der Waals surface area contributed by atoms with E-state index >= 15 is 0 Å². The molecule has 0 saturated carbocycles. The van der Waals surface area contributed by atoms with Crippen LogP contribution in [0.3, 0.4) is 0 Å². The second-order valence-electron chi connectivity index (χ2n) is 8.81. The van der Waals surface area contributed by atoms with Crippen molar-refractivity contribution in [1.82, 2.24) is 4.90 Å².